The van der Waals surface area contributed by atoms with E-state index in [2.05, 4.69) is 10.2 Å². The van der Waals surface area contributed by atoms with Crippen molar-refractivity contribution in [1.82, 2.24) is 4.90 Å². The number of carbonyl (C=O) groups excluding carboxylic acids is 1. The molecular formula is C11H19N3O2. The summed E-state index contributed by atoms with van der Waals surface area (Å²) in [5, 5.41) is 7.82. The van der Waals surface area contributed by atoms with E-state index in [-0.39, 0.29) is 23.8 Å². The van der Waals surface area contributed by atoms with Crippen molar-refractivity contribution in [1.29, 1.82) is 0 Å². The Bertz CT molecular complexity index is 300. The van der Waals surface area contributed by atoms with Crippen molar-refractivity contribution in [3.63, 3.8) is 0 Å². The molecular weight excluding hydrogens is 206 g/mol. The summed E-state index contributed by atoms with van der Waals surface area (Å²) in [7, 11) is 0. The minimum atomic E-state index is -0.265. The average Bonchev–Trinajstić information content (AvgIpc) is 2.92. The standard InChI is InChI=1S/C11H19N3O2/c1-8-6-14(7-9(2)16-8)10(15)4-5-11(3)12-13-11/h8-9H,4-7H2,1-3H3. The Balaban J connectivity index is 1.79. The summed E-state index contributed by atoms with van der Waals surface area (Å²) in [6, 6.07) is 0. The van der Waals surface area contributed by atoms with Crippen LogP contribution in [0.15, 0.2) is 10.2 Å². The van der Waals surface area contributed by atoms with Crippen molar-refractivity contribution in [2.75, 3.05) is 13.1 Å². The second-order valence-corrected chi connectivity index (χ2v) is 4.97. The van der Waals surface area contributed by atoms with Gasteiger partial charge in [-0.05, 0) is 20.8 Å². The molecule has 5 heteroatoms. The molecule has 2 unspecified atom stereocenters. The molecule has 0 spiro atoms. The largest absolute Gasteiger partial charge is 0.372 e. The molecule has 0 radical (unpaired) electrons. The molecule has 2 atom stereocenters. The molecule has 0 aliphatic carbocycles. The van der Waals surface area contributed by atoms with E-state index >= 15 is 0 Å². The molecule has 1 fully saturated rings. The van der Waals surface area contributed by atoms with Gasteiger partial charge in [0, 0.05) is 25.9 Å². The predicted octanol–water partition coefficient (Wildman–Crippen LogP) is 1.58. The van der Waals surface area contributed by atoms with E-state index in [1.165, 1.54) is 0 Å². The Morgan fingerprint density at radius 3 is 2.44 bits per heavy atom. The van der Waals surface area contributed by atoms with E-state index in [0.717, 1.165) is 6.42 Å². The zero-order chi connectivity index (χ0) is 11.8. The monoisotopic (exact) mass is 225 g/mol. The summed E-state index contributed by atoms with van der Waals surface area (Å²) >= 11 is 0. The molecule has 0 aromatic rings. The third kappa shape index (κ3) is 2.78. The first-order valence-corrected chi connectivity index (χ1v) is 5.86. The maximum Gasteiger partial charge on any atom is 0.222 e. The van der Waals surface area contributed by atoms with Crippen molar-refractivity contribution in [2.24, 2.45) is 10.2 Å². The number of ether oxygens (including phenoxy) is 1. The average molecular weight is 225 g/mol. The van der Waals surface area contributed by atoms with Crippen LogP contribution in [0.25, 0.3) is 0 Å². The molecule has 1 saturated heterocycles. The molecule has 0 bridgehead atoms. The highest BCUT2D eigenvalue weighted by molar-refractivity contribution is 5.76. The third-order valence-electron chi connectivity index (χ3n) is 3.03. The van der Waals surface area contributed by atoms with Crippen LogP contribution in [0.1, 0.15) is 33.6 Å². The fourth-order valence-corrected chi connectivity index (χ4v) is 2.07. The molecule has 1 amide bonds. The van der Waals surface area contributed by atoms with Crippen LogP contribution in [0.3, 0.4) is 0 Å². The van der Waals surface area contributed by atoms with Gasteiger partial charge >= 0.3 is 0 Å². The maximum atomic E-state index is 12.0. The fraction of sp³-hybridized carbons (Fsp3) is 0.909. The number of nitrogens with zero attached hydrogens (tertiary/aromatic N) is 3. The highest BCUT2D eigenvalue weighted by Crippen LogP contribution is 2.32. The van der Waals surface area contributed by atoms with Gasteiger partial charge in [0.2, 0.25) is 5.91 Å². The normalized spacial score (nSPS) is 31.6. The maximum absolute atomic E-state index is 12.0. The van der Waals surface area contributed by atoms with Gasteiger partial charge in [0.15, 0.2) is 5.66 Å². The number of hydrogen-bond acceptors (Lipinski definition) is 4. The Morgan fingerprint density at radius 1 is 1.38 bits per heavy atom. The Morgan fingerprint density at radius 2 is 1.94 bits per heavy atom. The second kappa shape index (κ2) is 4.13. The van der Waals surface area contributed by atoms with Gasteiger partial charge in [-0.1, -0.05) is 0 Å². The summed E-state index contributed by atoms with van der Waals surface area (Å²) in [6.45, 7) is 7.36. The molecule has 2 heterocycles. The van der Waals surface area contributed by atoms with Gasteiger partial charge in [-0.2, -0.15) is 10.2 Å². The lowest BCUT2D eigenvalue weighted by atomic mass is 10.1. The molecule has 5 nitrogen and oxygen atoms in total. The van der Waals surface area contributed by atoms with Gasteiger partial charge in [0.25, 0.3) is 0 Å². The van der Waals surface area contributed by atoms with Crippen molar-refractivity contribution in [3.8, 4) is 0 Å². The smallest absolute Gasteiger partial charge is 0.222 e. The van der Waals surface area contributed by atoms with Gasteiger partial charge < -0.3 is 9.64 Å². The molecule has 0 saturated carbocycles. The van der Waals surface area contributed by atoms with Crippen LogP contribution >= 0.6 is 0 Å². The van der Waals surface area contributed by atoms with E-state index < -0.39 is 0 Å². The van der Waals surface area contributed by atoms with Crippen molar-refractivity contribution < 1.29 is 9.53 Å². The lowest BCUT2D eigenvalue weighted by Gasteiger charge is -2.35. The molecule has 2 aliphatic rings. The van der Waals surface area contributed by atoms with Crippen LogP contribution in [0, 0.1) is 0 Å². The van der Waals surface area contributed by atoms with E-state index in [1.807, 2.05) is 25.7 Å². The Kier molecular flexibility index (Phi) is 2.97. The van der Waals surface area contributed by atoms with Crippen LogP contribution in [0.4, 0.5) is 0 Å². The number of hydrogen-bond donors (Lipinski definition) is 0. The molecule has 90 valence electrons. The first-order valence-electron chi connectivity index (χ1n) is 5.86. The van der Waals surface area contributed by atoms with Crippen LogP contribution in [-0.4, -0.2) is 41.8 Å². The van der Waals surface area contributed by atoms with Crippen LogP contribution < -0.4 is 0 Å². The highest BCUT2D eigenvalue weighted by atomic mass is 16.5. The molecule has 0 N–H and O–H groups in total. The topological polar surface area (TPSA) is 54.3 Å². The summed E-state index contributed by atoms with van der Waals surface area (Å²) in [6.07, 6.45) is 1.53. The van der Waals surface area contributed by atoms with Crippen LogP contribution in [-0.2, 0) is 9.53 Å². The van der Waals surface area contributed by atoms with E-state index in [4.69, 9.17) is 4.74 Å². The summed E-state index contributed by atoms with van der Waals surface area (Å²) in [4.78, 5) is 13.8. The second-order valence-electron chi connectivity index (χ2n) is 4.97. The summed E-state index contributed by atoms with van der Waals surface area (Å²) in [5.74, 6) is 0.195. The number of amides is 1. The van der Waals surface area contributed by atoms with Crippen molar-refractivity contribution in [2.45, 2.75) is 51.5 Å². The van der Waals surface area contributed by atoms with Gasteiger partial charge in [-0.25, -0.2) is 0 Å². The van der Waals surface area contributed by atoms with Gasteiger partial charge in [-0.3, -0.25) is 4.79 Å². The fourth-order valence-electron chi connectivity index (χ4n) is 2.07. The minimum absolute atomic E-state index is 0.138. The molecule has 0 aromatic carbocycles. The van der Waals surface area contributed by atoms with Crippen molar-refractivity contribution >= 4 is 5.91 Å². The Hall–Kier alpha value is -0.970. The van der Waals surface area contributed by atoms with Gasteiger partial charge in [0.1, 0.15) is 0 Å². The first kappa shape index (κ1) is 11.5. The quantitative estimate of drug-likeness (QED) is 0.732. The number of rotatable bonds is 3. The zero-order valence-electron chi connectivity index (χ0n) is 10.1. The Labute approximate surface area is 95.9 Å². The first-order chi connectivity index (χ1) is 7.48. The highest BCUT2D eigenvalue weighted by Gasteiger charge is 2.35. The zero-order valence-corrected chi connectivity index (χ0v) is 10.1. The van der Waals surface area contributed by atoms with Gasteiger partial charge in [-0.15, -0.1) is 0 Å². The van der Waals surface area contributed by atoms with Crippen molar-refractivity contribution in [3.05, 3.63) is 0 Å². The van der Waals surface area contributed by atoms with Crippen LogP contribution in [0.2, 0.25) is 0 Å². The predicted molar refractivity (Wildman–Crippen MR) is 59.1 cm³/mol. The number of morpholine rings is 1. The summed E-state index contributed by atoms with van der Waals surface area (Å²) < 4.78 is 5.59. The van der Waals surface area contributed by atoms with Gasteiger partial charge in [0.05, 0.1) is 12.2 Å². The lowest BCUT2D eigenvalue weighted by Crippen LogP contribution is -2.48. The SMILES string of the molecule is CC1CN(C(=O)CCC2(C)N=N2)CC(C)O1. The lowest BCUT2D eigenvalue weighted by molar-refractivity contribution is -0.143. The summed E-state index contributed by atoms with van der Waals surface area (Å²) in [5.41, 5.74) is -0.265. The van der Waals surface area contributed by atoms with Crippen LogP contribution in [0.5, 0.6) is 0 Å². The van der Waals surface area contributed by atoms with E-state index in [1.54, 1.807) is 0 Å². The molecule has 2 rings (SSSR count). The van der Waals surface area contributed by atoms with E-state index in [9.17, 15) is 4.79 Å². The molecule has 2 aliphatic heterocycles. The number of carbonyl (C=O) groups is 1. The van der Waals surface area contributed by atoms with E-state index in [0.29, 0.717) is 19.5 Å². The molecule has 16 heavy (non-hydrogen) atoms. The molecule has 0 aromatic heterocycles. The minimum Gasteiger partial charge on any atom is -0.372 e. The third-order valence-corrected chi connectivity index (χ3v) is 3.03.